The molecule has 0 saturated carbocycles. The second kappa shape index (κ2) is 6.44. The Bertz CT molecular complexity index is 421. The van der Waals surface area contributed by atoms with Gasteiger partial charge in [0.2, 0.25) is 0 Å². The molecule has 0 saturated heterocycles. The summed E-state index contributed by atoms with van der Waals surface area (Å²) in [5.41, 5.74) is 1.49. The van der Waals surface area contributed by atoms with Gasteiger partial charge in [-0.25, -0.2) is 0 Å². The van der Waals surface area contributed by atoms with Crippen molar-refractivity contribution in [1.29, 1.82) is 0 Å². The first-order valence-corrected chi connectivity index (χ1v) is 6.31. The van der Waals surface area contributed by atoms with E-state index in [0.29, 0.717) is 5.69 Å². The van der Waals surface area contributed by atoms with Crippen LogP contribution in [0.2, 0.25) is 0 Å². The summed E-state index contributed by atoms with van der Waals surface area (Å²) in [6.45, 7) is 8.82. The van der Waals surface area contributed by atoms with Gasteiger partial charge in [-0.2, -0.15) is 0 Å². The van der Waals surface area contributed by atoms with Gasteiger partial charge < -0.3 is 5.32 Å². The average Bonchev–Trinajstić information content (AvgIpc) is 2.34. The van der Waals surface area contributed by atoms with Crippen LogP contribution in [0.15, 0.2) is 12.3 Å². The minimum Gasteiger partial charge on any atom is -0.314 e. The molecule has 5 nitrogen and oxygen atoms in total. The molecule has 100 valence electrons. The highest BCUT2D eigenvalue weighted by molar-refractivity contribution is 5.40. The van der Waals surface area contributed by atoms with E-state index in [1.54, 1.807) is 12.3 Å². The summed E-state index contributed by atoms with van der Waals surface area (Å²) < 4.78 is 0. The zero-order valence-electron chi connectivity index (χ0n) is 11.4. The van der Waals surface area contributed by atoms with Gasteiger partial charge >= 0.3 is 0 Å². The molecule has 0 radical (unpaired) electrons. The first kappa shape index (κ1) is 14.6. The lowest BCUT2D eigenvalue weighted by Gasteiger charge is -2.20. The van der Waals surface area contributed by atoms with Gasteiger partial charge in [0.25, 0.3) is 5.69 Å². The smallest absolute Gasteiger partial charge is 0.291 e. The molecule has 1 N–H and O–H groups in total. The predicted octanol–water partition coefficient (Wildman–Crippen LogP) is 2.79. The van der Waals surface area contributed by atoms with Crippen molar-refractivity contribution in [2.45, 2.75) is 46.1 Å². The topological polar surface area (TPSA) is 68.1 Å². The zero-order valence-corrected chi connectivity index (χ0v) is 11.4. The molecule has 0 aliphatic carbocycles. The van der Waals surface area contributed by atoms with Crippen LogP contribution < -0.4 is 5.32 Å². The largest absolute Gasteiger partial charge is 0.314 e. The molecule has 2 atom stereocenters. The van der Waals surface area contributed by atoms with Gasteiger partial charge in [0.05, 0.1) is 4.92 Å². The quantitative estimate of drug-likeness (QED) is 0.623. The Morgan fingerprint density at radius 2 is 2.17 bits per heavy atom. The molecule has 1 rings (SSSR count). The normalized spacial score (nSPS) is 14.2. The molecule has 0 fully saturated rings. The zero-order chi connectivity index (χ0) is 13.7. The van der Waals surface area contributed by atoms with Gasteiger partial charge in [-0.1, -0.05) is 13.8 Å². The molecule has 0 aliphatic rings. The Morgan fingerprint density at radius 3 is 2.72 bits per heavy atom. The number of aromatic nitrogens is 1. The number of aryl methyl sites for hydroxylation is 1. The van der Waals surface area contributed by atoms with Crippen LogP contribution in [-0.4, -0.2) is 22.5 Å². The van der Waals surface area contributed by atoms with E-state index < -0.39 is 0 Å². The van der Waals surface area contributed by atoms with Crippen LogP contribution in [0.25, 0.3) is 0 Å². The van der Waals surface area contributed by atoms with Crippen molar-refractivity contribution in [2.75, 3.05) is 6.54 Å². The van der Waals surface area contributed by atoms with Gasteiger partial charge in [-0.3, -0.25) is 15.1 Å². The summed E-state index contributed by atoms with van der Waals surface area (Å²) in [6, 6.07) is 1.75. The second-order valence-corrected chi connectivity index (χ2v) is 4.71. The van der Waals surface area contributed by atoms with Crippen molar-refractivity contribution in [3.05, 3.63) is 33.6 Å². The molecule has 0 bridgehead atoms. The van der Waals surface area contributed by atoms with Crippen LogP contribution in [0.3, 0.4) is 0 Å². The maximum Gasteiger partial charge on any atom is 0.291 e. The predicted molar refractivity (Wildman–Crippen MR) is 71.8 cm³/mol. The van der Waals surface area contributed by atoms with E-state index in [2.05, 4.69) is 17.2 Å². The first-order chi connectivity index (χ1) is 8.47. The highest BCUT2D eigenvalue weighted by Gasteiger charge is 2.24. The van der Waals surface area contributed by atoms with E-state index in [9.17, 15) is 10.1 Å². The average molecular weight is 251 g/mol. The number of hydrogen-bond acceptors (Lipinski definition) is 4. The van der Waals surface area contributed by atoms with E-state index in [4.69, 9.17) is 0 Å². The Morgan fingerprint density at radius 1 is 1.50 bits per heavy atom. The van der Waals surface area contributed by atoms with Gasteiger partial charge in [-0.05, 0) is 32.4 Å². The summed E-state index contributed by atoms with van der Waals surface area (Å²) in [4.78, 5) is 15.0. The summed E-state index contributed by atoms with van der Waals surface area (Å²) in [6.07, 6.45) is 2.73. The molecule has 0 aliphatic heterocycles. The summed E-state index contributed by atoms with van der Waals surface area (Å²) in [7, 11) is 0. The van der Waals surface area contributed by atoms with E-state index in [1.165, 1.54) is 0 Å². The fourth-order valence-corrected chi connectivity index (χ4v) is 1.85. The van der Waals surface area contributed by atoms with Crippen molar-refractivity contribution < 1.29 is 4.92 Å². The number of pyridine rings is 1. The third-order valence-corrected chi connectivity index (χ3v) is 3.13. The highest BCUT2D eigenvalue weighted by Crippen LogP contribution is 2.27. The number of rotatable bonds is 6. The number of hydrogen-bond donors (Lipinski definition) is 1. The van der Waals surface area contributed by atoms with E-state index in [1.807, 2.05) is 20.8 Å². The molecule has 1 aromatic rings. The highest BCUT2D eigenvalue weighted by atomic mass is 16.6. The van der Waals surface area contributed by atoms with Crippen LogP contribution in [0.1, 0.15) is 44.4 Å². The third-order valence-electron chi connectivity index (χ3n) is 3.13. The molecule has 1 heterocycles. The molecular weight excluding hydrogens is 230 g/mol. The van der Waals surface area contributed by atoms with Gasteiger partial charge in [0.15, 0.2) is 0 Å². The first-order valence-electron chi connectivity index (χ1n) is 6.31. The minimum absolute atomic E-state index is 0.0116. The van der Waals surface area contributed by atoms with E-state index >= 15 is 0 Å². The van der Waals surface area contributed by atoms with Crippen molar-refractivity contribution >= 4 is 5.69 Å². The lowest BCUT2D eigenvalue weighted by molar-refractivity contribution is -0.386. The summed E-state index contributed by atoms with van der Waals surface area (Å²) in [5.74, 6) is 0.0116. The van der Waals surface area contributed by atoms with E-state index in [0.717, 1.165) is 18.5 Å². The SMILES string of the molecule is CCCNC(C)C(C)c1ncc(C)cc1[N+](=O)[O-]. The number of nitro groups is 1. The Balaban J connectivity index is 2.97. The van der Waals surface area contributed by atoms with Crippen molar-refractivity contribution in [2.24, 2.45) is 0 Å². The molecule has 18 heavy (non-hydrogen) atoms. The van der Waals surface area contributed by atoms with E-state index in [-0.39, 0.29) is 22.6 Å². The number of nitrogens with one attached hydrogen (secondary N) is 1. The third kappa shape index (κ3) is 3.50. The second-order valence-electron chi connectivity index (χ2n) is 4.71. The standard InChI is InChI=1S/C13H21N3O2/c1-5-6-14-11(4)10(3)13-12(16(17)18)7-9(2)8-15-13/h7-8,10-11,14H,5-6H2,1-4H3. The molecule has 5 heteroatoms. The monoisotopic (exact) mass is 251 g/mol. The Labute approximate surface area is 108 Å². The van der Waals surface area contributed by atoms with Crippen LogP contribution in [0.5, 0.6) is 0 Å². The lowest BCUT2D eigenvalue weighted by Crippen LogP contribution is -2.32. The summed E-state index contributed by atoms with van der Waals surface area (Å²) >= 11 is 0. The molecule has 0 spiro atoms. The van der Waals surface area contributed by atoms with Crippen molar-refractivity contribution in [1.82, 2.24) is 10.3 Å². The van der Waals surface area contributed by atoms with Crippen molar-refractivity contribution in [3.63, 3.8) is 0 Å². The fraction of sp³-hybridized carbons (Fsp3) is 0.615. The van der Waals surface area contributed by atoms with Gasteiger partial charge in [-0.15, -0.1) is 0 Å². The molecule has 1 aromatic heterocycles. The van der Waals surface area contributed by atoms with Crippen molar-refractivity contribution in [3.8, 4) is 0 Å². The maximum absolute atomic E-state index is 11.1. The van der Waals surface area contributed by atoms with Gasteiger partial charge in [0.1, 0.15) is 5.69 Å². The minimum atomic E-state index is -0.349. The van der Waals surface area contributed by atoms with Crippen LogP contribution in [0.4, 0.5) is 5.69 Å². The van der Waals surface area contributed by atoms with Crippen LogP contribution in [0, 0.1) is 17.0 Å². The molecule has 0 aromatic carbocycles. The maximum atomic E-state index is 11.1. The Hall–Kier alpha value is -1.49. The number of nitrogens with zero attached hydrogens (tertiary/aromatic N) is 2. The summed E-state index contributed by atoms with van der Waals surface area (Å²) in [5, 5.41) is 14.4. The molecule has 2 unspecified atom stereocenters. The van der Waals surface area contributed by atoms with Gasteiger partial charge in [0, 0.05) is 24.2 Å². The lowest BCUT2D eigenvalue weighted by atomic mass is 9.97. The fourth-order valence-electron chi connectivity index (χ4n) is 1.85. The van der Waals surface area contributed by atoms with Crippen LogP contribution >= 0.6 is 0 Å². The Kier molecular flexibility index (Phi) is 5.22. The van der Waals surface area contributed by atoms with Crippen LogP contribution in [-0.2, 0) is 0 Å². The molecule has 0 amide bonds. The molecular formula is C13H21N3O2.